The Labute approximate surface area is 139 Å². The first-order chi connectivity index (χ1) is 11.0. The standard InChI is InChI=1S/C15H13N3O3S2/c1-7-4-5-9-10(19)6-11(21-12(9)8(7)2)13(20)16-14-17-18-15(22-3)23-14/h4-6H,1-3H3,(H,16,17,20). The molecule has 0 spiro atoms. The van der Waals surface area contributed by atoms with Crippen molar-refractivity contribution in [3.8, 4) is 0 Å². The number of nitrogens with zero attached hydrogens (tertiary/aromatic N) is 2. The predicted molar refractivity (Wildman–Crippen MR) is 91.6 cm³/mol. The molecule has 0 atom stereocenters. The Balaban J connectivity index is 2.00. The second-order valence-electron chi connectivity index (χ2n) is 4.89. The van der Waals surface area contributed by atoms with Gasteiger partial charge in [0.15, 0.2) is 15.5 Å². The van der Waals surface area contributed by atoms with E-state index in [-0.39, 0.29) is 11.2 Å². The van der Waals surface area contributed by atoms with Crippen molar-refractivity contribution in [3.63, 3.8) is 0 Å². The highest BCUT2D eigenvalue weighted by Crippen LogP contribution is 2.24. The number of thioether (sulfide) groups is 1. The second kappa shape index (κ2) is 6.13. The van der Waals surface area contributed by atoms with E-state index in [9.17, 15) is 9.59 Å². The lowest BCUT2D eigenvalue weighted by atomic mass is 10.1. The van der Waals surface area contributed by atoms with E-state index in [0.717, 1.165) is 15.5 Å². The maximum absolute atomic E-state index is 12.3. The highest BCUT2D eigenvalue weighted by atomic mass is 32.2. The monoisotopic (exact) mass is 347 g/mol. The number of rotatable bonds is 3. The van der Waals surface area contributed by atoms with Crippen LogP contribution < -0.4 is 10.7 Å². The summed E-state index contributed by atoms with van der Waals surface area (Å²) in [5.41, 5.74) is 2.02. The molecule has 3 aromatic rings. The average Bonchev–Trinajstić information content (AvgIpc) is 2.98. The molecule has 0 aliphatic rings. The fourth-order valence-electron chi connectivity index (χ4n) is 2.07. The van der Waals surface area contributed by atoms with Crippen molar-refractivity contribution in [2.24, 2.45) is 0 Å². The third-order valence-electron chi connectivity index (χ3n) is 3.44. The molecule has 1 aromatic carbocycles. The molecule has 0 saturated carbocycles. The summed E-state index contributed by atoms with van der Waals surface area (Å²) >= 11 is 2.70. The number of benzene rings is 1. The topological polar surface area (TPSA) is 85.1 Å². The first-order valence-corrected chi connectivity index (χ1v) is 8.76. The molecule has 0 aliphatic heterocycles. The van der Waals surface area contributed by atoms with E-state index in [4.69, 9.17) is 4.42 Å². The van der Waals surface area contributed by atoms with Gasteiger partial charge in [0.2, 0.25) is 5.13 Å². The first kappa shape index (κ1) is 15.7. The number of nitrogens with one attached hydrogen (secondary N) is 1. The van der Waals surface area contributed by atoms with Gasteiger partial charge >= 0.3 is 0 Å². The highest BCUT2D eigenvalue weighted by Gasteiger charge is 2.16. The van der Waals surface area contributed by atoms with Crippen LogP contribution in [0, 0.1) is 13.8 Å². The molecule has 1 N–H and O–H groups in total. The molecular weight excluding hydrogens is 334 g/mol. The van der Waals surface area contributed by atoms with Gasteiger partial charge in [0, 0.05) is 6.07 Å². The summed E-state index contributed by atoms with van der Waals surface area (Å²) in [7, 11) is 0. The van der Waals surface area contributed by atoms with Gasteiger partial charge in [-0.2, -0.15) is 0 Å². The number of carbonyl (C=O) groups excluding carboxylic acids is 1. The van der Waals surface area contributed by atoms with Gasteiger partial charge in [-0.05, 0) is 37.3 Å². The lowest BCUT2D eigenvalue weighted by Crippen LogP contribution is -2.15. The summed E-state index contributed by atoms with van der Waals surface area (Å²) in [5.74, 6) is -0.564. The van der Waals surface area contributed by atoms with E-state index in [2.05, 4.69) is 15.5 Å². The quantitative estimate of drug-likeness (QED) is 0.578. The average molecular weight is 347 g/mol. The Bertz CT molecular complexity index is 962. The van der Waals surface area contributed by atoms with Crippen LogP contribution in [0.2, 0.25) is 0 Å². The molecule has 118 valence electrons. The zero-order chi connectivity index (χ0) is 16.6. The van der Waals surface area contributed by atoms with Crippen molar-refractivity contribution in [2.75, 3.05) is 11.6 Å². The van der Waals surface area contributed by atoms with Crippen molar-refractivity contribution >= 4 is 45.1 Å². The molecule has 8 heteroatoms. The smallest absolute Gasteiger partial charge is 0.293 e. The fourth-order valence-corrected chi connectivity index (χ4v) is 3.23. The number of anilines is 1. The van der Waals surface area contributed by atoms with E-state index in [1.165, 1.54) is 29.2 Å². The highest BCUT2D eigenvalue weighted by molar-refractivity contribution is 8.00. The summed E-state index contributed by atoms with van der Waals surface area (Å²) in [5, 5.41) is 11.2. The van der Waals surface area contributed by atoms with E-state index < -0.39 is 5.91 Å². The molecule has 1 amide bonds. The molecule has 0 unspecified atom stereocenters. The number of carbonyl (C=O) groups is 1. The molecule has 0 aliphatic carbocycles. The zero-order valence-electron chi connectivity index (χ0n) is 12.7. The summed E-state index contributed by atoms with van der Waals surface area (Å²) in [6.07, 6.45) is 1.87. The van der Waals surface area contributed by atoms with Crippen LogP contribution >= 0.6 is 23.1 Å². The van der Waals surface area contributed by atoms with Gasteiger partial charge in [-0.25, -0.2) is 0 Å². The number of hydrogen-bond donors (Lipinski definition) is 1. The first-order valence-electron chi connectivity index (χ1n) is 6.72. The van der Waals surface area contributed by atoms with Crippen molar-refractivity contribution in [1.29, 1.82) is 0 Å². The minimum atomic E-state index is -0.520. The van der Waals surface area contributed by atoms with E-state index >= 15 is 0 Å². The van der Waals surface area contributed by atoms with Gasteiger partial charge in [-0.1, -0.05) is 29.2 Å². The van der Waals surface area contributed by atoms with Crippen LogP contribution in [0.15, 0.2) is 31.8 Å². The Morgan fingerprint density at radius 1 is 1.30 bits per heavy atom. The molecule has 0 saturated heterocycles. The van der Waals surface area contributed by atoms with Gasteiger partial charge in [0.25, 0.3) is 5.91 Å². The summed E-state index contributed by atoms with van der Waals surface area (Å²) in [4.78, 5) is 24.5. The molecule has 2 aromatic heterocycles. The number of amides is 1. The summed E-state index contributed by atoms with van der Waals surface area (Å²) in [6, 6.07) is 4.77. The van der Waals surface area contributed by atoms with Gasteiger partial charge < -0.3 is 4.42 Å². The van der Waals surface area contributed by atoms with Gasteiger partial charge in [-0.3, -0.25) is 14.9 Å². The molecule has 3 rings (SSSR count). The normalized spacial score (nSPS) is 10.9. The van der Waals surface area contributed by atoms with Crippen LogP contribution in [-0.4, -0.2) is 22.4 Å². The minimum Gasteiger partial charge on any atom is -0.450 e. The maximum Gasteiger partial charge on any atom is 0.293 e. The summed E-state index contributed by atoms with van der Waals surface area (Å²) < 4.78 is 6.40. The van der Waals surface area contributed by atoms with Gasteiger partial charge in [0.05, 0.1) is 5.39 Å². The van der Waals surface area contributed by atoms with Crippen LogP contribution in [0.4, 0.5) is 5.13 Å². The van der Waals surface area contributed by atoms with E-state index in [1.54, 1.807) is 6.07 Å². The number of aromatic nitrogens is 2. The Morgan fingerprint density at radius 2 is 2.09 bits per heavy atom. The molecule has 0 radical (unpaired) electrons. The molecule has 0 bridgehead atoms. The summed E-state index contributed by atoms with van der Waals surface area (Å²) in [6.45, 7) is 3.78. The van der Waals surface area contributed by atoms with E-state index in [1.807, 2.05) is 26.2 Å². The Morgan fingerprint density at radius 3 is 2.78 bits per heavy atom. The molecule has 2 heterocycles. The van der Waals surface area contributed by atoms with Gasteiger partial charge in [0.1, 0.15) is 5.58 Å². The third kappa shape index (κ3) is 2.99. The second-order valence-corrected chi connectivity index (χ2v) is 6.92. The van der Waals surface area contributed by atoms with Crippen LogP contribution in [0.1, 0.15) is 21.7 Å². The molecule has 23 heavy (non-hydrogen) atoms. The van der Waals surface area contributed by atoms with Crippen molar-refractivity contribution in [1.82, 2.24) is 10.2 Å². The maximum atomic E-state index is 12.3. The largest absolute Gasteiger partial charge is 0.450 e. The lowest BCUT2D eigenvalue weighted by Gasteiger charge is -2.06. The minimum absolute atomic E-state index is 0.0444. The van der Waals surface area contributed by atoms with Crippen molar-refractivity contribution in [3.05, 3.63) is 45.3 Å². The van der Waals surface area contributed by atoms with Crippen LogP contribution in [0.3, 0.4) is 0 Å². The molecule has 6 nitrogen and oxygen atoms in total. The Hall–Kier alpha value is -2.19. The van der Waals surface area contributed by atoms with Crippen molar-refractivity contribution < 1.29 is 9.21 Å². The predicted octanol–water partition coefficient (Wildman–Crippen LogP) is 3.24. The lowest BCUT2D eigenvalue weighted by molar-refractivity contribution is 0.0997. The number of fused-ring (bicyclic) bond motifs is 1. The molecule has 0 fully saturated rings. The van der Waals surface area contributed by atoms with Gasteiger partial charge in [-0.15, -0.1) is 10.2 Å². The fraction of sp³-hybridized carbons (Fsp3) is 0.200. The number of hydrogen-bond acceptors (Lipinski definition) is 7. The zero-order valence-corrected chi connectivity index (χ0v) is 14.3. The SMILES string of the molecule is CSc1nnc(NC(=O)c2cc(=O)c3ccc(C)c(C)c3o2)s1. The van der Waals surface area contributed by atoms with Crippen LogP contribution in [-0.2, 0) is 0 Å². The Kier molecular flexibility index (Phi) is 4.18. The third-order valence-corrected chi connectivity index (χ3v) is 5.26. The van der Waals surface area contributed by atoms with Crippen molar-refractivity contribution in [2.45, 2.75) is 18.2 Å². The number of aryl methyl sites for hydroxylation is 2. The molecular formula is C15H13N3O3S2. The van der Waals surface area contributed by atoms with E-state index in [0.29, 0.717) is 16.1 Å². The van der Waals surface area contributed by atoms with Crippen LogP contribution in [0.5, 0.6) is 0 Å². The van der Waals surface area contributed by atoms with Crippen LogP contribution in [0.25, 0.3) is 11.0 Å².